The number of benzene rings is 1. The average Bonchev–Trinajstić information content (AvgIpc) is 3.17. The van der Waals surface area contributed by atoms with E-state index >= 15 is 0 Å². The van der Waals surface area contributed by atoms with Gasteiger partial charge in [0.1, 0.15) is 22.6 Å². The lowest BCUT2D eigenvalue weighted by Crippen LogP contribution is -2.31. The van der Waals surface area contributed by atoms with Crippen molar-refractivity contribution < 1.29 is 9.84 Å². The van der Waals surface area contributed by atoms with Crippen LogP contribution in [0.5, 0.6) is 5.75 Å². The summed E-state index contributed by atoms with van der Waals surface area (Å²) >= 11 is 0. The smallest absolute Gasteiger partial charge is 0.124 e. The highest BCUT2D eigenvalue weighted by Gasteiger charge is 2.39. The van der Waals surface area contributed by atoms with E-state index in [0.717, 1.165) is 25.3 Å². The number of nitrogens with zero attached hydrogens (tertiary/aromatic N) is 3. The van der Waals surface area contributed by atoms with Gasteiger partial charge in [0.2, 0.25) is 0 Å². The number of ether oxygens (including phenoxy) is 1. The van der Waals surface area contributed by atoms with Crippen molar-refractivity contribution in [1.82, 2.24) is 20.3 Å². The highest BCUT2D eigenvalue weighted by Crippen LogP contribution is 2.36. The Labute approximate surface area is 135 Å². The van der Waals surface area contributed by atoms with Crippen molar-refractivity contribution in [3.63, 3.8) is 0 Å². The minimum absolute atomic E-state index is 0.109. The molecule has 1 unspecified atom stereocenters. The van der Waals surface area contributed by atoms with Crippen LogP contribution in [0.1, 0.15) is 37.1 Å². The lowest BCUT2D eigenvalue weighted by Gasteiger charge is -2.21. The monoisotopic (exact) mass is 314 g/mol. The van der Waals surface area contributed by atoms with E-state index in [1.165, 1.54) is 11.1 Å². The zero-order valence-electron chi connectivity index (χ0n) is 13.5. The third-order valence-electron chi connectivity index (χ3n) is 4.75. The highest BCUT2D eigenvalue weighted by atomic mass is 16.5. The molecule has 6 heteroatoms. The third kappa shape index (κ3) is 2.72. The van der Waals surface area contributed by atoms with Crippen molar-refractivity contribution in [3.05, 3.63) is 41.2 Å². The van der Waals surface area contributed by atoms with Gasteiger partial charge in [-0.1, -0.05) is 12.1 Å². The van der Waals surface area contributed by atoms with E-state index in [1.807, 2.05) is 0 Å². The summed E-state index contributed by atoms with van der Waals surface area (Å²) < 4.78 is 5.93. The molecule has 0 bridgehead atoms. The van der Waals surface area contributed by atoms with Gasteiger partial charge in [-0.2, -0.15) is 15.4 Å². The van der Waals surface area contributed by atoms with Gasteiger partial charge >= 0.3 is 0 Å². The number of nitrogens with one attached hydrogen (secondary N) is 1. The van der Waals surface area contributed by atoms with Gasteiger partial charge in [-0.25, -0.2) is 0 Å². The summed E-state index contributed by atoms with van der Waals surface area (Å²) in [5, 5.41) is 21.2. The second-order valence-electron chi connectivity index (χ2n) is 7.33. The molecule has 2 N–H and O–H groups in total. The minimum atomic E-state index is -0.894. The molecule has 0 saturated carbocycles. The Balaban J connectivity index is 1.46. The molecule has 1 aromatic heterocycles. The minimum Gasteiger partial charge on any atom is -0.487 e. The number of H-pyrrole nitrogens is 1. The quantitative estimate of drug-likeness (QED) is 0.900. The van der Waals surface area contributed by atoms with Crippen LogP contribution in [-0.4, -0.2) is 44.1 Å². The number of aliphatic hydroxyl groups is 1. The maximum atomic E-state index is 10.7. The molecule has 1 aromatic carbocycles. The van der Waals surface area contributed by atoms with Crippen LogP contribution in [0.25, 0.3) is 0 Å². The molecule has 2 aliphatic heterocycles. The third-order valence-corrected chi connectivity index (χ3v) is 4.75. The second kappa shape index (κ2) is 5.04. The van der Waals surface area contributed by atoms with Gasteiger partial charge in [-0.3, -0.25) is 4.90 Å². The molecule has 0 amide bonds. The predicted octanol–water partition coefficient (Wildman–Crippen LogP) is 1.61. The van der Waals surface area contributed by atoms with Gasteiger partial charge < -0.3 is 9.84 Å². The first-order valence-corrected chi connectivity index (χ1v) is 8.05. The number of rotatable bonds is 3. The van der Waals surface area contributed by atoms with Gasteiger partial charge in [-0.05, 0) is 37.5 Å². The zero-order valence-corrected chi connectivity index (χ0v) is 13.5. The van der Waals surface area contributed by atoms with E-state index in [9.17, 15) is 5.11 Å². The molecule has 1 atom stereocenters. The van der Waals surface area contributed by atoms with E-state index in [4.69, 9.17) is 4.74 Å². The summed E-state index contributed by atoms with van der Waals surface area (Å²) in [5.41, 5.74) is 2.16. The maximum Gasteiger partial charge on any atom is 0.124 e. The summed E-state index contributed by atoms with van der Waals surface area (Å²) in [6.45, 7) is 6.49. The van der Waals surface area contributed by atoms with Crippen molar-refractivity contribution in [1.29, 1.82) is 0 Å². The van der Waals surface area contributed by atoms with Gasteiger partial charge in [0.25, 0.3) is 0 Å². The van der Waals surface area contributed by atoms with Crippen molar-refractivity contribution >= 4 is 0 Å². The molecule has 6 nitrogen and oxygen atoms in total. The Morgan fingerprint density at radius 2 is 2.26 bits per heavy atom. The van der Waals surface area contributed by atoms with E-state index < -0.39 is 5.60 Å². The Morgan fingerprint density at radius 3 is 3.04 bits per heavy atom. The second-order valence-corrected chi connectivity index (χ2v) is 7.33. The Kier molecular flexibility index (Phi) is 3.21. The van der Waals surface area contributed by atoms with Crippen LogP contribution in [0.2, 0.25) is 0 Å². The molecule has 0 aliphatic carbocycles. The molecular formula is C17H22N4O2. The number of fused-ring (bicyclic) bond motifs is 1. The Hall–Kier alpha value is -1.92. The van der Waals surface area contributed by atoms with Gasteiger partial charge in [-0.15, -0.1) is 0 Å². The van der Waals surface area contributed by atoms with E-state index in [1.54, 1.807) is 6.20 Å². The lowest BCUT2D eigenvalue weighted by atomic mass is 9.99. The fraction of sp³-hybridized carbons (Fsp3) is 0.529. The summed E-state index contributed by atoms with van der Waals surface area (Å²) in [6, 6.07) is 6.42. The molecule has 1 fully saturated rings. The van der Waals surface area contributed by atoms with Crippen molar-refractivity contribution in [2.24, 2.45) is 0 Å². The number of aromatic nitrogens is 3. The summed E-state index contributed by atoms with van der Waals surface area (Å²) in [7, 11) is 0. The molecular weight excluding hydrogens is 292 g/mol. The van der Waals surface area contributed by atoms with E-state index in [0.29, 0.717) is 18.7 Å². The fourth-order valence-electron chi connectivity index (χ4n) is 3.66. The first kappa shape index (κ1) is 14.7. The Morgan fingerprint density at radius 1 is 1.39 bits per heavy atom. The molecule has 0 radical (unpaired) electrons. The number of hydrogen-bond acceptors (Lipinski definition) is 5. The highest BCUT2D eigenvalue weighted by molar-refractivity contribution is 5.41. The molecule has 3 heterocycles. The van der Waals surface area contributed by atoms with Crippen LogP contribution in [0.15, 0.2) is 24.4 Å². The Bertz CT molecular complexity index is 713. The molecule has 2 aromatic rings. The SMILES string of the molecule is CC1(C)Cc2cc(CN3CCC(O)(c4cn[nH]n4)C3)ccc2O1. The van der Waals surface area contributed by atoms with Crippen molar-refractivity contribution in [2.75, 3.05) is 13.1 Å². The van der Waals surface area contributed by atoms with Crippen LogP contribution in [0.4, 0.5) is 0 Å². The zero-order chi connectivity index (χ0) is 16.1. The van der Waals surface area contributed by atoms with Crippen LogP contribution >= 0.6 is 0 Å². The van der Waals surface area contributed by atoms with Crippen molar-refractivity contribution in [2.45, 2.75) is 44.4 Å². The topological polar surface area (TPSA) is 74.3 Å². The molecule has 4 rings (SSSR count). The predicted molar refractivity (Wildman–Crippen MR) is 85.0 cm³/mol. The normalized spacial score (nSPS) is 26.2. The van der Waals surface area contributed by atoms with Gasteiger partial charge in [0.15, 0.2) is 0 Å². The fourth-order valence-corrected chi connectivity index (χ4v) is 3.66. The van der Waals surface area contributed by atoms with Crippen LogP contribution in [-0.2, 0) is 18.6 Å². The first-order valence-electron chi connectivity index (χ1n) is 8.05. The largest absolute Gasteiger partial charge is 0.487 e. The van der Waals surface area contributed by atoms with Crippen LogP contribution < -0.4 is 4.74 Å². The molecule has 0 spiro atoms. The summed E-state index contributed by atoms with van der Waals surface area (Å²) in [4.78, 5) is 2.26. The summed E-state index contributed by atoms with van der Waals surface area (Å²) in [5.74, 6) is 0.999. The molecule has 1 saturated heterocycles. The van der Waals surface area contributed by atoms with Gasteiger partial charge in [0, 0.05) is 26.1 Å². The number of likely N-dealkylation sites (tertiary alicyclic amines) is 1. The molecule has 122 valence electrons. The number of aromatic amines is 1. The van der Waals surface area contributed by atoms with Gasteiger partial charge in [0.05, 0.1) is 6.20 Å². The van der Waals surface area contributed by atoms with E-state index in [2.05, 4.69) is 52.4 Å². The maximum absolute atomic E-state index is 10.7. The molecule has 2 aliphatic rings. The average molecular weight is 314 g/mol. The number of β-amino-alcohol motifs (C(OH)–C–C–N with tert-alkyl or cyclic N) is 1. The standard InChI is InChI=1S/C17H22N4O2/c1-16(2)8-13-7-12(3-4-14(13)23-16)10-21-6-5-17(22,11-21)15-9-18-20-19-15/h3-4,7,9,22H,5-6,8,10-11H2,1-2H3,(H,18,19,20). The van der Waals surface area contributed by atoms with Crippen molar-refractivity contribution in [3.8, 4) is 5.75 Å². The first-order chi connectivity index (χ1) is 10.9. The molecule has 23 heavy (non-hydrogen) atoms. The van der Waals surface area contributed by atoms with Crippen LogP contribution in [0, 0.1) is 0 Å². The summed E-state index contributed by atoms with van der Waals surface area (Å²) in [6.07, 6.45) is 3.23. The van der Waals surface area contributed by atoms with Crippen LogP contribution in [0.3, 0.4) is 0 Å². The lowest BCUT2D eigenvalue weighted by molar-refractivity contribution is 0.0409. The van der Waals surface area contributed by atoms with E-state index in [-0.39, 0.29) is 5.60 Å². The number of hydrogen-bond donors (Lipinski definition) is 2.